The normalized spacial score (nSPS) is 20.8. The first kappa shape index (κ1) is 11.4. The van der Waals surface area contributed by atoms with Gasteiger partial charge in [-0.1, -0.05) is 0 Å². The predicted octanol–water partition coefficient (Wildman–Crippen LogP) is -0.236. The van der Waals surface area contributed by atoms with E-state index in [-0.39, 0.29) is 35.5 Å². The van der Waals surface area contributed by atoms with Crippen molar-refractivity contribution in [3.63, 3.8) is 0 Å². The van der Waals surface area contributed by atoms with Crippen molar-refractivity contribution < 1.29 is 9.90 Å². The van der Waals surface area contributed by atoms with Crippen LogP contribution in [0.25, 0.3) is 0 Å². The minimum absolute atomic E-state index is 0. The molecule has 0 aromatic rings. The summed E-state index contributed by atoms with van der Waals surface area (Å²) in [5.41, 5.74) is 0. The SMILES string of the molecule is CN1CCC(C(=O)O)CC1.[NaH]. The number of hydrogen-bond acceptors (Lipinski definition) is 2. The van der Waals surface area contributed by atoms with Crippen molar-refractivity contribution in [2.75, 3.05) is 20.1 Å². The van der Waals surface area contributed by atoms with Gasteiger partial charge >= 0.3 is 35.5 Å². The summed E-state index contributed by atoms with van der Waals surface area (Å²) < 4.78 is 0. The van der Waals surface area contributed by atoms with Gasteiger partial charge in [-0.2, -0.15) is 0 Å². The van der Waals surface area contributed by atoms with Gasteiger partial charge in [-0.05, 0) is 33.0 Å². The Morgan fingerprint density at radius 2 is 1.91 bits per heavy atom. The number of hydrogen-bond donors (Lipinski definition) is 1. The molecule has 1 saturated heterocycles. The Kier molecular flexibility index (Phi) is 5.34. The van der Waals surface area contributed by atoms with Crippen LogP contribution in [-0.2, 0) is 4.79 Å². The zero-order chi connectivity index (χ0) is 7.56. The van der Waals surface area contributed by atoms with Crippen LogP contribution in [0.4, 0.5) is 0 Å². The van der Waals surface area contributed by atoms with E-state index in [1.165, 1.54) is 0 Å². The van der Waals surface area contributed by atoms with Crippen molar-refractivity contribution in [2.24, 2.45) is 5.92 Å². The minimum atomic E-state index is -0.631. The van der Waals surface area contributed by atoms with Gasteiger partial charge in [-0.3, -0.25) is 4.79 Å². The van der Waals surface area contributed by atoms with Crippen LogP contribution < -0.4 is 0 Å². The predicted molar refractivity (Wildman–Crippen MR) is 45.0 cm³/mol. The fraction of sp³-hybridized carbons (Fsp3) is 0.857. The Balaban J connectivity index is 0.000001000. The molecule has 0 unspecified atom stereocenters. The van der Waals surface area contributed by atoms with E-state index >= 15 is 0 Å². The van der Waals surface area contributed by atoms with E-state index in [1.54, 1.807) is 0 Å². The van der Waals surface area contributed by atoms with Crippen LogP contribution in [0.15, 0.2) is 0 Å². The summed E-state index contributed by atoms with van der Waals surface area (Å²) in [5, 5.41) is 8.61. The van der Waals surface area contributed by atoms with E-state index in [0.717, 1.165) is 25.9 Å². The third-order valence-electron chi connectivity index (χ3n) is 2.07. The van der Waals surface area contributed by atoms with Crippen LogP contribution >= 0.6 is 0 Å². The van der Waals surface area contributed by atoms with Gasteiger partial charge in [0.25, 0.3) is 0 Å². The molecule has 1 aliphatic heterocycles. The van der Waals surface area contributed by atoms with E-state index in [1.807, 2.05) is 7.05 Å². The van der Waals surface area contributed by atoms with Crippen molar-refractivity contribution in [3.8, 4) is 0 Å². The summed E-state index contributed by atoms with van der Waals surface area (Å²) in [6, 6.07) is 0. The molecule has 0 spiro atoms. The van der Waals surface area contributed by atoms with Crippen LogP contribution in [0.1, 0.15) is 12.8 Å². The Labute approximate surface area is 89.1 Å². The Bertz CT molecular complexity index is 132. The standard InChI is InChI=1S/C7H13NO2.Na.H/c1-8-4-2-6(3-5-8)7(9)10;;/h6H,2-5H2,1H3,(H,9,10);;. The van der Waals surface area contributed by atoms with Gasteiger partial charge in [0.15, 0.2) is 0 Å². The van der Waals surface area contributed by atoms with Gasteiger partial charge in [0.2, 0.25) is 0 Å². The fourth-order valence-corrected chi connectivity index (χ4v) is 1.26. The Hall–Kier alpha value is 0.430. The molecule has 0 aromatic heterocycles. The van der Waals surface area contributed by atoms with Crippen molar-refractivity contribution in [1.29, 1.82) is 0 Å². The molecule has 3 nitrogen and oxygen atoms in total. The molecule has 11 heavy (non-hydrogen) atoms. The number of likely N-dealkylation sites (tertiary alicyclic amines) is 1. The summed E-state index contributed by atoms with van der Waals surface area (Å²) >= 11 is 0. The van der Waals surface area contributed by atoms with Crippen molar-refractivity contribution in [1.82, 2.24) is 4.90 Å². The van der Waals surface area contributed by atoms with Crippen LogP contribution in [0, 0.1) is 5.92 Å². The van der Waals surface area contributed by atoms with Gasteiger partial charge in [-0.15, -0.1) is 0 Å². The maximum absolute atomic E-state index is 10.4. The van der Waals surface area contributed by atoms with E-state index in [0.29, 0.717) is 0 Å². The van der Waals surface area contributed by atoms with Crippen LogP contribution in [-0.4, -0.2) is 65.7 Å². The topological polar surface area (TPSA) is 40.5 Å². The number of carboxylic acid groups (broad SMARTS) is 1. The van der Waals surface area contributed by atoms with Crippen molar-refractivity contribution in [2.45, 2.75) is 12.8 Å². The molecule has 1 fully saturated rings. The molecular formula is C7H14NNaO2. The van der Waals surface area contributed by atoms with Crippen LogP contribution in [0.3, 0.4) is 0 Å². The molecule has 1 N–H and O–H groups in total. The summed E-state index contributed by atoms with van der Waals surface area (Å²) in [6.45, 7) is 1.86. The van der Waals surface area contributed by atoms with Crippen LogP contribution in [0.5, 0.6) is 0 Å². The second-order valence-corrected chi connectivity index (χ2v) is 2.92. The third-order valence-corrected chi connectivity index (χ3v) is 2.07. The van der Waals surface area contributed by atoms with Gasteiger partial charge in [0.1, 0.15) is 0 Å². The molecule has 0 aromatic carbocycles. The molecule has 0 atom stereocenters. The molecular weight excluding hydrogens is 153 g/mol. The van der Waals surface area contributed by atoms with E-state index in [9.17, 15) is 4.79 Å². The molecule has 0 bridgehead atoms. The Morgan fingerprint density at radius 1 is 1.45 bits per heavy atom. The zero-order valence-electron chi connectivity index (χ0n) is 6.21. The molecule has 0 amide bonds. The first-order chi connectivity index (χ1) is 4.70. The number of nitrogens with zero attached hydrogens (tertiary/aromatic N) is 1. The molecule has 1 rings (SSSR count). The first-order valence-corrected chi connectivity index (χ1v) is 3.61. The summed E-state index contributed by atoms with van der Waals surface area (Å²) in [5.74, 6) is -0.718. The average Bonchev–Trinajstić information content (AvgIpc) is 1.88. The fourth-order valence-electron chi connectivity index (χ4n) is 1.26. The van der Waals surface area contributed by atoms with Crippen molar-refractivity contribution in [3.05, 3.63) is 0 Å². The molecule has 0 radical (unpaired) electrons. The van der Waals surface area contributed by atoms with Gasteiger partial charge in [0.05, 0.1) is 5.92 Å². The van der Waals surface area contributed by atoms with E-state index in [2.05, 4.69) is 4.90 Å². The number of rotatable bonds is 1. The average molecular weight is 167 g/mol. The summed E-state index contributed by atoms with van der Waals surface area (Å²) in [6.07, 6.45) is 1.62. The van der Waals surface area contributed by atoms with Gasteiger partial charge < -0.3 is 10.0 Å². The van der Waals surface area contributed by atoms with E-state index in [4.69, 9.17) is 5.11 Å². The first-order valence-electron chi connectivity index (χ1n) is 3.61. The van der Waals surface area contributed by atoms with Crippen LogP contribution in [0.2, 0.25) is 0 Å². The number of carboxylic acids is 1. The monoisotopic (exact) mass is 167 g/mol. The zero-order valence-corrected chi connectivity index (χ0v) is 6.21. The van der Waals surface area contributed by atoms with Crippen molar-refractivity contribution >= 4 is 35.5 Å². The van der Waals surface area contributed by atoms with Gasteiger partial charge in [0, 0.05) is 0 Å². The molecule has 60 valence electrons. The number of carbonyl (C=O) groups is 1. The number of aliphatic carboxylic acids is 1. The second-order valence-electron chi connectivity index (χ2n) is 2.92. The molecule has 0 saturated carbocycles. The quantitative estimate of drug-likeness (QED) is 0.548. The van der Waals surface area contributed by atoms with Gasteiger partial charge in [-0.25, -0.2) is 0 Å². The second kappa shape index (κ2) is 5.14. The Morgan fingerprint density at radius 3 is 2.27 bits per heavy atom. The molecule has 1 heterocycles. The number of piperidine rings is 1. The van der Waals surface area contributed by atoms with E-state index < -0.39 is 5.97 Å². The summed E-state index contributed by atoms with van der Waals surface area (Å²) in [7, 11) is 2.03. The summed E-state index contributed by atoms with van der Waals surface area (Å²) in [4.78, 5) is 12.6. The third kappa shape index (κ3) is 3.56. The maximum atomic E-state index is 10.4. The molecule has 0 aliphatic carbocycles. The molecule has 1 aliphatic rings. The molecule has 4 heteroatoms.